The van der Waals surface area contributed by atoms with Gasteiger partial charge in [0.1, 0.15) is 0 Å². The van der Waals surface area contributed by atoms with E-state index in [1.807, 2.05) is 0 Å². The van der Waals surface area contributed by atoms with E-state index in [0.29, 0.717) is 6.54 Å². The second-order valence-corrected chi connectivity index (χ2v) is 6.19. The Hall–Kier alpha value is -1.06. The number of nitrogens with one attached hydrogen (secondary N) is 2. The Morgan fingerprint density at radius 3 is 2.55 bits per heavy atom. The van der Waals surface area contributed by atoms with Gasteiger partial charge in [0.05, 0.1) is 4.90 Å². The van der Waals surface area contributed by atoms with E-state index < -0.39 is 22.6 Å². The van der Waals surface area contributed by atoms with Crippen molar-refractivity contribution in [2.24, 2.45) is 7.05 Å². The van der Waals surface area contributed by atoms with Crippen LogP contribution in [0.4, 0.5) is 13.2 Å². The molecule has 5 nitrogen and oxygen atoms in total. The van der Waals surface area contributed by atoms with Gasteiger partial charge in [-0.1, -0.05) is 0 Å². The van der Waals surface area contributed by atoms with E-state index >= 15 is 0 Å². The van der Waals surface area contributed by atoms with Crippen molar-refractivity contribution >= 4 is 10.0 Å². The van der Waals surface area contributed by atoms with Gasteiger partial charge in [-0.3, -0.25) is 0 Å². The fraction of sp³-hybridized carbons (Fsp3) is 0.636. The third-order valence-corrected chi connectivity index (χ3v) is 4.11. The highest BCUT2D eigenvalue weighted by molar-refractivity contribution is 7.89. The Labute approximate surface area is 116 Å². The number of halogens is 3. The minimum Gasteiger partial charge on any atom is -0.352 e. The molecule has 0 unspecified atom stereocenters. The molecule has 0 aliphatic rings. The Morgan fingerprint density at radius 1 is 1.35 bits per heavy atom. The smallest absolute Gasteiger partial charge is 0.352 e. The molecule has 1 aromatic rings. The Kier molecular flexibility index (Phi) is 5.60. The van der Waals surface area contributed by atoms with Gasteiger partial charge in [0, 0.05) is 38.4 Å². The number of alkyl halides is 3. The molecule has 0 bridgehead atoms. The van der Waals surface area contributed by atoms with Crippen molar-refractivity contribution in [1.82, 2.24) is 14.6 Å². The molecular weight excluding hydrogens is 295 g/mol. The molecule has 0 radical (unpaired) electrons. The summed E-state index contributed by atoms with van der Waals surface area (Å²) in [5.74, 6) is 0. The molecule has 20 heavy (non-hydrogen) atoms. The largest absolute Gasteiger partial charge is 0.389 e. The zero-order valence-electron chi connectivity index (χ0n) is 11.3. The van der Waals surface area contributed by atoms with Gasteiger partial charge >= 0.3 is 6.18 Å². The summed E-state index contributed by atoms with van der Waals surface area (Å²) in [7, 11) is -0.328. The van der Waals surface area contributed by atoms with Crippen LogP contribution in [0.1, 0.15) is 18.5 Å². The number of nitrogens with zero attached hydrogens (tertiary/aromatic N) is 1. The third kappa shape index (κ3) is 5.14. The molecule has 116 valence electrons. The molecular formula is C11H18F3N3O2S. The lowest BCUT2D eigenvalue weighted by molar-refractivity contribution is -0.135. The van der Waals surface area contributed by atoms with Gasteiger partial charge in [-0.05, 0) is 19.5 Å². The van der Waals surface area contributed by atoms with Crippen molar-refractivity contribution in [1.29, 1.82) is 0 Å². The van der Waals surface area contributed by atoms with Crippen LogP contribution in [0.3, 0.4) is 0 Å². The molecule has 0 aliphatic heterocycles. The summed E-state index contributed by atoms with van der Waals surface area (Å²) in [5.41, 5.74) is 0.767. The molecule has 1 rings (SSSR count). The summed E-state index contributed by atoms with van der Waals surface area (Å²) in [6.07, 6.45) is -4.12. The quantitative estimate of drug-likeness (QED) is 0.747. The molecule has 0 saturated heterocycles. The van der Waals surface area contributed by atoms with Crippen LogP contribution >= 0.6 is 0 Å². The van der Waals surface area contributed by atoms with E-state index in [4.69, 9.17) is 0 Å². The van der Waals surface area contributed by atoms with Crippen molar-refractivity contribution in [2.75, 3.05) is 13.6 Å². The minimum atomic E-state index is -4.27. The van der Waals surface area contributed by atoms with Gasteiger partial charge in [0.2, 0.25) is 10.0 Å². The maximum absolute atomic E-state index is 12.0. The number of hydrogen-bond acceptors (Lipinski definition) is 3. The third-order valence-electron chi connectivity index (χ3n) is 2.68. The lowest BCUT2D eigenvalue weighted by Gasteiger charge is -2.07. The highest BCUT2D eigenvalue weighted by Crippen LogP contribution is 2.21. The molecule has 0 atom stereocenters. The highest BCUT2D eigenvalue weighted by Gasteiger charge is 2.26. The van der Waals surface area contributed by atoms with E-state index in [0.717, 1.165) is 5.69 Å². The highest BCUT2D eigenvalue weighted by atomic mass is 32.2. The zero-order chi connectivity index (χ0) is 15.4. The molecule has 0 spiro atoms. The lowest BCUT2D eigenvalue weighted by atomic mass is 10.3. The standard InChI is InChI=1S/C11H18F3N3O2S/c1-15-7-9-6-10(8-17(9)2)20(18,19)16-5-3-4-11(12,13)14/h6,8,15-16H,3-5,7H2,1-2H3. The van der Waals surface area contributed by atoms with Crippen LogP contribution in [0.5, 0.6) is 0 Å². The molecule has 0 amide bonds. The molecule has 0 aromatic carbocycles. The van der Waals surface area contributed by atoms with Gasteiger partial charge in [0.15, 0.2) is 0 Å². The Balaban J connectivity index is 2.62. The van der Waals surface area contributed by atoms with Crippen molar-refractivity contribution in [3.63, 3.8) is 0 Å². The van der Waals surface area contributed by atoms with Crippen molar-refractivity contribution in [3.05, 3.63) is 18.0 Å². The van der Waals surface area contributed by atoms with Crippen molar-refractivity contribution in [3.8, 4) is 0 Å². The number of sulfonamides is 1. The number of aryl methyl sites for hydroxylation is 1. The van der Waals surface area contributed by atoms with Crippen LogP contribution in [0.2, 0.25) is 0 Å². The van der Waals surface area contributed by atoms with Gasteiger partial charge in [-0.2, -0.15) is 13.2 Å². The predicted octanol–water partition coefficient (Wildman–Crippen LogP) is 1.37. The van der Waals surface area contributed by atoms with Crippen LogP contribution in [0.15, 0.2) is 17.2 Å². The first-order valence-corrected chi connectivity index (χ1v) is 7.50. The van der Waals surface area contributed by atoms with E-state index in [-0.39, 0.29) is 17.9 Å². The van der Waals surface area contributed by atoms with Crippen LogP contribution in [0, 0.1) is 0 Å². The minimum absolute atomic E-state index is 0.0530. The summed E-state index contributed by atoms with van der Waals surface area (Å²) < 4.78 is 63.5. The molecule has 1 heterocycles. The molecule has 0 saturated carbocycles. The molecule has 2 N–H and O–H groups in total. The van der Waals surface area contributed by atoms with E-state index in [1.54, 1.807) is 18.7 Å². The molecule has 9 heteroatoms. The molecule has 0 aliphatic carbocycles. The van der Waals surface area contributed by atoms with Crippen molar-refractivity contribution in [2.45, 2.75) is 30.5 Å². The van der Waals surface area contributed by atoms with E-state index in [9.17, 15) is 21.6 Å². The summed E-state index contributed by atoms with van der Waals surface area (Å²) in [6.45, 7) is 0.262. The van der Waals surface area contributed by atoms with Gasteiger partial charge < -0.3 is 9.88 Å². The Morgan fingerprint density at radius 2 is 2.00 bits per heavy atom. The summed E-state index contributed by atoms with van der Waals surface area (Å²) in [5, 5.41) is 2.90. The second kappa shape index (κ2) is 6.59. The fourth-order valence-corrected chi connectivity index (χ4v) is 2.83. The predicted molar refractivity (Wildman–Crippen MR) is 68.7 cm³/mol. The second-order valence-electron chi connectivity index (χ2n) is 4.42. The van der Waals surface area contributed by atoms with E-state index in [2.05, 4.69) is 10.0 Å². The molecule has 0 fully saturated rings. The van der Waals surface area contributed by atoms with Crippen LogP contribution in [0.25, 0.3) is 0 Å². The number of rotatable bonds is 7. The average molecular weight is 313 g/mol. The monoisotopic (exact) mass is 313 g/mol. The van der Waals surface area contributed by atoms with Gasteiger partial charge in [-0.25, -0.2) is 13.1 Å². The zero-order valence-corrected chi connectivity index (χ0v) is 12.1. The molecule has 1 aromatic heterocycles. The fourth-order valence-electron chi connectivity index (χ4n) is 1.66. The topological polar surface area (TPSA) is 63.1 Å². The first-order valence-electron chi connectivity index (χ1n) is 6.02. The number of aromatic nitrogens is 1. The summed E-state index contributed by atoms with van der Waals surface area (Å²) in [4.78, 5) is 0.0530. The van der Waals surface area contributed by atoms with E-state index in [1.165, 1.54) is 12.3 Å². The van der Waals surface area contributed by atoms with Gasteiger partial charge in [0.25, 0.3) is 0 Å². The first-order chi connectivity index (χ1) is 9.15. The maximum atomic E-state index is 12.0. The van der Waals surface area contributed by atoms with Crippen LogP contribution < -0.4 is 10.0 Å². The van der Waals surface area contributed by atoms with Crippen LogP contribution in [-0.2, 0) is 23.6 Å². The maximum Gasteiger partial charge on any atom is 0.389 e. The SMILES string of the molecule is CNCc1cc(S(=O)(=O)NCCCC(F)(F)F)cn1C. The Bertz CT molecular complexity index is 538. The number of hydrogen-bond donors (Lipinski definition) is 2. The van der Waals surface area contributed by atoms with Gasteiger partial charge in [-0.15, -0.1) is 0 Å². The first kappa shape index (κ1) is 17.0. The van der Waals surface area contributed by atoms with Crippen LogP contribution in [-0.4, -0.2) is 32.8 Å². The van der Waals surface area contributed by atoms with Crippen molar-refractivity contribution < 1.29 is 21.6 Å². The summed E-state index contributed by atoms with van der Waals surface area (Å²) in [6, 6.07) is 1.49. The average Bonchev–Trinajstić information content (AvgIpc) is 2.67. The normalized spacial score (nSPS) is 12.8. The lowest BCUT2D eigenvalue weighted by Crippen LogP contribution is -2.25. The summed E-state index contributed by atoms with van der Waals surface area (Å²) >= 11 is 0.